The predicted octanol–water partition coefficient (Wildman–Crippen LogP) is 4.21. The highest BCUT2D eigenvalue weighted by molar-refractivity contribution is 5.79. The maximum atomic E-state index is 12.9. The van der Waals surface area contributed by atoms with Crippen molar-refractivity contribution in [3.63, 3.8) is 0 Å². The molecule has 3 rings (SSSR count). The quantitative estimate of drug-likeness (QED) is 0.650. The number of carbonyl (C=O) groups excluding carboxylic acids is 1. The molecule has 0 aliphatic carbocycles. The van der Waals surface area contributed by atoms with E-state index in [2.05, 4.69) is 34.2 Å². The molecule has 0 unspecified atom stereocenters. The molecule has 1 atom stereocenters. The number of amides is 1. The number of halogens is 3. The van der Waals surface area contributed by atoms with Crippen molar-refractivity contribution in [3.8, 4) is 0 Å². The number of aryl methyl sites for hydroxylation is 2. The van der Waals surface area contributed by atoms with Gasteiger partial charge in [0.15, 0.2) is 0 Å². The molecule has 0 bridgehead atoms. The van der Waals surface area contributed by atoms with E-state index in [9.17, 15) is 18.0 Å². The van der Waals surface area contributed by atoms with Gasteiger partial charge in [-0.3, -0.25) is 4.79 Å². The number of nitrogens with one attached hydrogen (secondary N) is 1. The third-order valence-electron chi connectivity index (χ3n) is 4.88. The number of hydrogen-bond acceptors (Lipinski definition) is 4. The Kier molecular flexibility index (Phi) is 6.09. The van der Waals surface area contributed by atoms with Crippen molar-refractivity contribution in [2.75, 3.05) is 0 Å². The lowest BCUT2D eigenvalue weighted by Crippen LogP contribution is -2.31. The smallest absolute Gasteiger partial charge is 0.349 e. The van der Waals surface area contributed by atoms with Crippen LogP contribution in [0.15, 0.2) is 30.3 Å². The summed E-state index contributed by atoms with van der Waals surface area (Å²) < 4.78 is 39.9. The van der Waals surface area contributed by atoms with Crippen LogP contribution in [0.4, 0.5) is 13.2 Å². The summed E-state index contributed by atoms with van der Waals surface area (Å²) in [4.78, 5) is 20.4. The first kappa shape index (κ1) is 21.7. The first-order chi connectivity index (χ1) is 14.1. The zero-order valence-corrected chi connectivity index (χ0v) is 17.3. The minimum absolute atomic E-state index is 0.0107. The largest absolute Gasteiger partial charge is 0.453 e. The highest BCUT2D eigenvalue weighted by atomic mass is 19.4. The van der Waals surface area contributed by atoms with Gasteiger partial charge in [-0.1, -0.05) is 44.2 Å². The molecule has 1 N–H and O–H groups in total. The standard InChI is InChI=1S/C21H24F3N5O/c1-12(2)10-17(15-8-6-5-7-9-15)26-18(30)11-16-13(3)25-20-27-19(21(22,23)24)28-29(20)14(16)4/h5-9,12,17H,10-11H2,1-4H3,(H,26,30)/t17-/m1/s1. The van der Waals surface area contributed by atoms with Gasteiger partial charge in [0.25, 0.3) is 11.6 Å². The third-order valence-corrected chi connectivity index (χ3v) is 4.88. The molecular formula is C21H24F3N5O. The molecule has 0 aliphatic heterocycles. The number of hydrogen-bond donors (Lipinski definition) is 1. The summed E-state index contributed by atoms with van der Waals surface area (Å²) in [5, 5.41) is 6.58. The van der Waals surface area contributed by atoms with Gasteiger partial charge < -0.3 is 5.32 Å². The van der Waals surface area contributed by atoms with E-state index in [4.69, 9.17) is 0 Å². The van der Waals surface area contributed by atoms with E-state index >= 15 is 0 Å². The van der Waals surface area contributed by atoms with Crippen LogP contribution in [-0.2, 0) is 17.4 Å². The van der Waals surface area contributed by atoms with Gasteiger partial charge >= 0.3 is 6.18 Å². The number of carbonyl (C=O) groups is 1. The molecular weight excluding hydrogens is 395 g/mol. The Morgan fingerprint density at radius 2 is 1.80 bits per heavy atom. The van der Waals surface area contributed by atoms with Crippen molar-refractivity contribution in [2.24, 2.45) is 5.92 Å². The summed E-state index contributed by atoms with van der Waals surface area (Å²) in [7, 11) is 0. The molecule has 0 radical (unpaired) electrons. The number of rotatable bonds is 6. The highest BCUT2D eigenvalue weighted by Crippen LogP contribution is 2.27. The van der Waals surface area contributed by atoms with Gasteiger partial charge in [-0.25, -0.2) is 9.50 Å². The Morgan fingerprint density at radius 1 is 1.13 bits per heavy atom. The average Bonchev–Trinajstić information content (AvgIpc) is 3.09. The molecule has 0 spiro atoms. The first-order valence-corrected chi connectivity index (χ1v) is 9.70. The highest BCUT2D eigenvalue weighted by Gasteiger charge is 2.37. The van der Waals surface area contributed by atoms with E-state index in [1.807, 2.05) is 30.3 Å². The van der Waals surface area contributed by atoms with Crippen molar-refractivity contribution in [3.05, 3.63) is 58.7 Å². The minimum atomic E-state index is -4.66. The summed E-state index contributed by atoms with van der Waals surface area (Å²) in [6.07, 6.45) is -3.91. The van der Waals surface area contributed by atoms with Gasteiger partial charge in [0.1, 0.15) is 0 Å². The molecule has 1 amide bonds. The lowest BCUT2D eigenvalue weighted by molar-refractivity contribution is -0.144. The minimum Gasteiger partial charge on any atom is -0.349 e. The fourth-order valence-corrected chi connectivity index (χ4v) is 3.43. The molecule has 0 fully saturated rings. The van der Waals surface area contributed by atoms with Crippen LogP contribution in [0.1, 0.15) is 54.6 Å². The zero-order chi connectivity index (χ0) is 22.1. The Labute approximate surface area is 172 Å². The SMILES string of the molecule is Cc1nc2nc(C(F)(F)F)nn2c(C)c1CC(=O)N[C@H](CC(C)C)c1ccccc1. The van der Waals surface area contributed by atoms with Gasteiger partial charge in [0.2, 0.25) is 5.91 Å². The monoisotopic (exact) mass is 419 g/mol. The molecule has 0 saturated heterocycles. The number of alkyl halides is 3. The van der Waals surface area contributed by atoms with Gasteiger partial charge in [0, 0.05) is 17.0 Å². The Morgan fingerprint density at radius 3 is 2.40 bits per heavy atom. The van der Waals surface area contributed by atoms with Crippen LogP contribution in [0.25, 0.3) is 5.78 Å². The van der Waals surface area contributed by atoms with E-state index in [0.29, 0.717) is 22.9 Å². The number of benzene rings is 1. The molecule has 6 nitrogen and oxygen atoms in total. The topological polar surface area (TPSA) is 72.2 Å². The second-order valence-electron chi connectivity index (χ2n) is 7.74. The second kappa shape index (κ2) is 8.41. The molecule has 3 aromatic rings. The van der Waals surface area contributed by atoms with Crippen molar-refractivity contribution in [1.82, 2.24) is 24.9 Å². The van der Waals surface area contributed by atoms with Gasteiger partial charge in [-0.05, 0) is 31.7 Å². The van der Waals surface area contributed by atoms with Gasteiger partial charge in [-0.2, -0.15) is 18.2 Å². The fraction of sp³-hybridized carbons (Fsp3) is 0.429. The molecule has 1 aromatic carbocycles. The molecule has 2 heterocycles. The van der Waals surface area contributed by atoms with Crippen LogP contribution >= 0.6 is 0 Å². The lowest BCUT2D eigenvalue weighted by Gasteiger charge is -2.21. The maximum Gasteiger partial charge on any atom is 0.453 e. The van der Waals surface area contributed by atoms with E-state index in [1.54, 1.807) is 13.8 Å². The normalized spacial score (nSPS) is 13.1. The third kappa shape index (κ3) is 4.77. The molecule has 0 aliphatic rings. The first-order valence-electron chi connectivity index (χ1n) is 9.70. The van der Waals surface area contributed by atoms with Crippen LogP contribution < -0.4 is 5.32 Å². The average molecular weight is 419 g/mol. The number of fused-ring (bicyclic) bond motifs is 1. The Hall–Kier alpha value is -2.97. The summed E-state index contributed by atoms with van der Waals surface area (Å²) in [6.45, 7) is 7.43. The van der Waals surface area contributed by atoms with Crippen molar-refractivity contribution in [2.45, 2.75) is 52.8 Å². The molecule has 9 heteroatoms. The molecule has 0 saturated carbocycles. The van der Waals surface area contributed by atoms with Crippen LogP contribution in [-0.4, -0.2) is 25.5 Å². The van der Waals surface area contributed by atoms with Crippen LogP contribution in [0.3, 0.4) is 0 Å². The van der Waals surface area contributed by atoms with Crippen molar-refractivity contribution in [1.29, 1.82) is 0 Å². The lowest BCUT2D eigenvalue weighted by atomic mass is 9.96. The number of aromatic nitrogens is 4. The second-order valence-corrected chi connectivity index (χ2v) is 7.74. The maximum absolute atomic E-state index is 12.9. The summed E-state index contributed by atoms with van der Waals surface area (Å²) in [5.41, 5.74) is 2.41. The Balaban J connectivity index is 1.86. The summed E-state index contributed by atoms with van der Waals surface area (Å²) in [5.74, 6) is -1.25. The molecule has 30 heavy (non-hydrogen) atoms. The summed E-state index contributed by atoms with van der Waals surface area (Å²) in [6, 6.07) is 9.53. The van der Waals surface area contributed by atoms with E-state index in [0.717, 1.165) is 16.5 Å². The van der Waals surface area contributed by atoms with Crippen LogP contribution in [0, 0.1) is 19.8 Å². The van der Waals surface area contributed by atoms with Crippen molar-refractivity contribution >= 4 is 11.7 Å². The van der Waals surface area contributed by atoms with Crippen molar-refractivity contribution < 1.29 is 18.0 Å². The Bertz CT molecular complexity index is 1040. The summed E-state index contributed by atoms with van der Waals surface area (Å²) >= 11 is 0. The van der Waals surface area contributed by atoms with Crippen LogP contribution in [0.2, 0.25) is 0 Å². The molecule has 2 aromatic heterocycles. The molecule has 160 valence electrons. The predicted molar refractivity (Wildman–Crippen MR) is 106 cm³/mol. The fourth-order valence-electron chi connectivity index (χ4n) is 3.43. The van der Waals surface area contributed by atoms with E-state index in [1.165, 1.54) is 0 Å². The van der Waals surface area contributed by atoms with Gasteiger partial charge in [0.05, 0.1) is 12.5 Å². The number of nitrogens with zero attached hydrogens (tertiary/aromatic N) is 4. The van der Waals surface area contributed by atoms with E-state index in [-0.39, 0.29) is 24.1 Å². The van der Waals surface area contributed by atoms with Gasteiger partial charge in [-0.15, -0.1) is 5.10 Å². The zero-order valence-electron chi connectivity index (χ0n) is 17.3. The van der Waals surface area contributed by atoms with E-state index < -0.39 is 12.0 Å². The van der Waals surface area contributed by atoms with Crippen LogP contribution in [0.5, 0.6) is 0 Å².